The van der Waals surface area contributed by atoms with Crippen molar-refractivity contribution in [1.29, 1.82) is 0 Å². The van der Waals surface area contributed by atoms with E-state index in [0.717, 1.165) is 16.6 Å². The molecular formula is C16H16N2O. The van der Waals surface area contributed by atoms with Gasteiger partial charge in [-0.25, -0.2) is 4.98 Å². The summed E-state index contributed by atoms with van der Waals surface area (Å²) in [5, 5.41) is 11.4. The van der Waals surface area contributed by atoms with E-state index in [4.69, 9.17) is 0 Å². The van der Waals surface area contributed by atoms with Gasteiger partial charge < -0.3 is 9.67 Å². The first-order chi connectivity index (χ1) is 9.25. The van der Waals surface area contributed by atoms with E-state index < -0.39 is 6.10 Å². The molecule has 1 aromatic carbocycles. The molecule has 1 unspecified atom stereocenters. The first-order valence-corrected chi connectivity index (χ1v) is 6.39. The molecule has 2 heterocycles. The van der Waals surface area contributed by atoms with Gasteiger partial charge in [0.15, 0.2) is 0 Å². The Labute approximate surface area is 112 Å². The minimum absolute atomic E-state index is 0.516. The predicted octanol–water partition coefficient (Wildman–Crippen LogP) is 3.08. The summed E-state index contributed by atoms with van der Waals surface area (Å²) in [6, 6.07) is 13.7. The highest BCUT2D eigenvalue weighted by atomic mass is 16.3. The third-order valence-corrected chi connectivity index (χ3v) is 3.39. The Morgan fingerprint density at radius 1 is 1.16 bits per heavy atom. The summed E-state index contributed by atoms with van der Waals surface area (Å²) in [6.45, 7) is 2.58. The molecule has 0 fully saturated rings. The third kappa shape index (κ3) is 2.25. The minimum atomic E-state index is -0.516. The van der Waals surface area contributed by atoms with Crippen molar-refractivity contribution < 1.29 is 5.11 Å². The molecule has 1 N–H and O–H groups in total. The van der Waals surface area contributed by atoms with Crippen LogP contribution in [0.5, 0.6) is 0 Å². The molecule has 2 aromatic heterocycles. The quantitative estimate of drug-likeness (QED) is 0.778. The van der Waals surface area contributed by atoms with Crippen molar-refractivity contribution in [1.82, 2.24) is 9.55 Å². The summed E-state index contributed by atoms with van der Waals surface area (Å²) in [5.41, 5.74) is 3.04. The maximum Gasteiger partial charge on any atom is 0.140 e. The molecule has 3 aromatic rings. The van der Waals surface area contributed by atoms with Crippen molar-refractivity contribution in [2.24, 2.45) is 0 Å². The summed E-state index contributed by atoms with van der Waals surface area (Å²) in [6.07, 6.45) is 3.31. The van der Waals surface area contributed by atoms with Crippen LogP contribution in [0.15, 0.2) is 54.9 Å². The number of aromatic nitrogens is 2. The van der Waals surface area contributed by atoms with Gasteiger partial charge in [-0.2, -0.15) is 0 Å². The molecule has 0 saturated heterocycles. The zero-order chi connectivity index (χ0) is 13.2. The van der Waals surface area contributed by atoms with Crippen molar-refractivity contribution in [2.45, 2.75) is 19.6 Å². The highest BCUT2D eigenvalue weighted by Gasteiger charge is 2.11. The number of nitrogens with zero attached hydrogens (tertiary/aromatic N) is 2. The van der Waals surface area contributed by atoms with E-state index in [1.807, 2.05) is 47.2 Å². The van der Waals surface area contributed by atoms with Crippen LogP contribution in [0.25, 0.3) is 11.0 Å². The lowest BCUT2D eigenvalue weighted by molar-refractivity contribution is 0.158. The van der Waals surface area contributed by atoms with Crippen LogP contribution in [0, 0.1) is 6.92 Å². The third-order valence-electron chi connectivity index (χ3n) is 3.39. The largest absolute Gasteiger partial charge is 0.387 e. The Kier molecular flexibility index (Phi) is 3.05. The number of rotatable bonds is 3. The van der Waals surface area contributed by atoms with Gasteiger partial charge >= 0.3 is 0 Å². The maximum absolute atomic E-state index is 10.3. The van der Waals surface area contributed by atoms with Crippen molar-refractivity contribution >= 4 is 11.0 Å². The van der Waals surface area contributed by atoms with E-state index in [1.54, 1.807) is 6.20 Å². The summed E-state index contributed by atoms with van der Waals surface area (Å²) < 4.78 is 2.02. The highest BCUT2D eigenvalue weighted by Crippen LogP contribution is 2.22. The molecule has 0 aliphatic heterocycles. The highest BCUT2D eigenvalue weighted by molar-refractivity contribution is 5.79. The Bertz CT molecular complexity index is 688. The number of hydrogen-bond donors (Lipinski definition) is 1. The molecule has 0 aliphatic carbocycles. The van der Waals surface area contributed by atoms with Crippen LogP contribution in [-0.4, -0.2) is 14.7 Å². The summed E-state index contributed by atoms with van der Waals surface area (Å²) >= 11 is 0. The standard InChI is InChI=1S/C16H16N2O/c1-12-10-18(16-14(12)8-5-9-17-16)11-15(19)13-6-3-2-4-7-13/h2-10,15,19H,11H2,1H3. The molecule has 96 valence electrons. The Morgan fingerprint density at radius 3 is 2.74 bits per heavy atom. The second-order valence-electron chi connectivity index (χ2n) is 4.77. The molecule has 0 radical (unpaired) electrons. The Hall–Kier alpha value is -2.13. The average Bonchev–Trinajstić information content (AvgIpc) is 2.77. The monoisotopic (exact) mass is 252 g/mol. The molecule has 0 saturated carbocycles. The van der Waals surface area contributed by atoms with Crippen LogP contribution < -0.4 is 0 Å². The lowest BCUT2D eigenvalue weighted by Crippen LogP contribution is -2.08. The lowest BCUT2D eigenvalue weighted by atomic mass is 10.1. The van der Waals surface area contributed by atoms with E-state index in [0.29, 0.717) is 6.54 Å². The van der Waals surface area contributed by atoms with E-state index in [9.17, 15) is 5.11 Å². The van der Waals surface area contributed by atoms with Gasteiger partial charge in [0.25, 0.3) is 0 Å². The van der Waals surface area contributed by atoms with Gasteiger partial charge in [0.2, 0.25) is 0 Å². The predicted molar refractivity (Wildman–Crippen MR) is 75.9 cm³/mol. The van der Waals surface area contributed by atoms with E-state index in [-0.39, 0.29) is 0 Å². The van der Waals surface area contributed by atoms with Gasteiger partial charge in [0.1, 0.15) is 5.65 Å². The smallest absolute Gasteiger partial charge is 0.140 e. The molecule has 3 nitrogen and oxygen atoms in total. The van der Waals surface area contributed by atoms with Gasteiger partial charge in [0, 0.05) is 17.8 Å². The van der Waals surface area contributed by atoms with Crippen LogP contribution in [0.4, 0.5) is 0 Å². The van der Waals surface area contributed by atoms with Crippen LogP contribution in [0.2, 0.25) is 0 Å². The summed E-state index contributed by atoms with van der Waals surface area (Å²) in [7, 11) is 0. The van der Waals surface area contributed by atoms with Crippen LogP contribution in [0.3, 0.4) is 0 Å². The summed E-state index contributed by atoms with van der Waals surface area (Å²) in [5.74, 6) is 0. The van der Waals surface area contributed by atoms with Crippen molar-refractivity contribution in [2.75, 3.05) is 0 Å². The molecule has 0 bridgehead atoms. The summed E-state index contributed by atoms with van der Waals surface area (Å²) in [4.78, 5) is 4.40. The van der Waals surface area contributed by atoms with E-state index in [1.165, 1.54) is 5.56 Å². The van der Waals surface area contributed by atoms with E-state index in [2.05, 4.69) is 18.0 Å². The van der Waals surface area contributed by atoms with Crippen molar-refractivity contribution in [3.05, 3.63) is 66.0 Å². The number of hydrogen-bond acceptors (Lipinski definition) is 2. The van der Waals surface area contributed by atoms with Gasteiger partial charge in [-0.15, -0.1) is 0 Å². The fourth-order valence-electron chi connectivity index (χ4n) is 2.40. The van der Waals surface area contributed by atoms with Crippen molar-refractivity contribution in [3.8, 4) is 0 Å². The molecule has 1 atom stereocenters. The molecule has 0 amide bonds. The minimum Gasteiger partial charge on any atom is -0.387 e. The van der Waals surface area contributed by atoms with Gasteiger partial charge in [0.05, 0.1) is 12.6 Å². The number of aliphatic hydroxyl groups is 1. The number of benzene rings is 1. The van der Waals surface area contributed by atoms with Gasteiger partial charge in [-0.05, 0) is 30.2 Å². The van der Waals surface area contributed by atoms with Gasteiger partial charge in [-0.3, -0.25) is 0 Å². The zero-order valence-corrected chi connectivity index (χ0v) is 10.8. The van der Waals surface area contributed by atoms with Gasteiger partial charge in [-0.1, -0.05) is 30.3 Å². The number of fused-ring (bicyclic) bond motifs is 1. The van der Waals surface area contributed by atoms with Crippen LogP contribution >= 0.6 is 0 Å². The molecule has 19 heavy (non-hydrogen) atoms. The fourth-order valence-corrected chi connectivity index (χ4v) is 2.40. The molecule has 3 rings (SSSR count). The Morgan fingerprint density at radius 2 is 1.95 bits per heavy atom. The topological polar surface area (TPSA) is 38.0 Å². The molecule has 0 aliphatic rings. The normalized spacial score (nSPS) is 12.7. The molecule has 3 heteroatoms. The average molecular weight is 252 g/mol. The first kappa shape index (κ1) is 11.9. The maximum atomic E-state index is 10.3. The second kappa shape index (κ2) is 4.86. The second-order valence-corrected chi connectivity index (χ2v) is 4.77. The Balaban J connectivity index is 1.94. The lowest BCUT2D eigenvalue weighted by Gasteiger charge is -2.12. The van der Waals surface area contributed by atoms with Crippen LogP contribution in [-0.2, 0) is 6.54 Å². The molecular weight excluding hydrogens is 236 g/mol. The first-order valence-electron chi connectivity index (χ1n) is 6.39. The van der Waals surface area contributed by atoms with E-state index >= 15 is 0 Å². The SMILES string of the molecule is Cc1cn(CC(O)c2ccccc2)c2ncccc12. The molecule has 0 spiro atoms. The number of aryl methyl sites for hydroxylation is 1. The van der Waals surface area contributed by atoms with Crippen molar-refractivity contribution in [3.63, 3.8) is 0 Å². The number of aliphatic hydroxyl groups excluding tert-OH is 1. The fraction of sp³-hybridized carbons (Fsp3) is 0.188. The van der Waals surface area contributed by atoms with Crippen LogP contribution in [0.1, 0.15) is 17.2 Å². The number of pyridine rings is 1. The zero-order valence-electron chi connectivity index (χ0n) is 10.8.